The summed E-state index contributed by atoms with van der Waals surface area (Å²) in [6.07, 6.45) is 3.32. The molecule has 1 amide bonds. The molecule has 0 atom stereocenters. The predicted molar refractivity (Wildman–Crippen MR) is 60.7 cm³/mol. The maximum Gasteiger partial charge on any atom is 0.258 e. The predicted octanol–water partition coefficient (Wildman–Crippen LogP) is 2.83. The van der Waals surface area contributed by atoms with Crippen molar-refractivity contribution in [2.24, 2.45) is 0 Å². The third-order valence-corrected chi connectivity index (χ3v) is 3.22. The molecule has 0 spiro atoms. The van der Waals surface area contributed by atoms with Crippen molar-refractivity contribution in [1.29, 1.82) is 0 Å². The van der Waals surface area contributed by atoms with Gasteiger partial charge in [-0.15, -0.1) is 0 Å². The van der Waals surface area contributed by atoms with E-state index in [1.807, 2.05) is 4.90 Å². The van der Waals surface area contributed by atoms with Crippen LogP contribution in [0.1, 0.15) is 23.2 Å². The number of rotatable bonds is 1. The second kappa shape index (κ2) is 4.23. The van der Waals surface area contributed by atoms with Gasteiger partial charge in [-0.3, -0.25) is 4.79 Å². The third kappa shape index (κ3) is 2.15. The number of piperidine rings is 1. The van der Waals surface area contributed by atoms with Crippen LogP contribution in [0.3, 0.4) is 0 Å². The molecule has 1 saturated heterocycles. The zero-order chi connectivity index (χ0) is 10.8. The van der Waals surface area contributed by atoms with Gasteiger partial charge >= 0.3 is 0 Å². The molecule has 0 aromatic carbocycles. The molecule has 15 heavy (non-hydrogen) atoms. The van der Waals surface area contributed by atoms with E-state index in [-0.39, 0.29) is 5.91 Å². The zero-order valence-corrected chi connectivity index (χ0v) is 9.92. The lowest BCUT2D eigenvalue weighted by Crippen LogP contribution is -2.36. The molecule has 80 valence electrons. The fourth-order valence-corrected chi connectivity index (χ4v) is 2.05. The number of amides is 1. The molecule has 0 bridgehead atoms. The number of nitrogens with zero attached hydrogens (tertiary/aromatic N) is 1. The first kappa shape index (κ1) is 10.5. The molecule has 1 aromatic heterocycles. The highest BCUT2D eigenvalue weighted by Gasteiger charge is 2.22. The van der Waals surface area contributed by atoms with E-state index in [1.54, 1.807) is 6.07 Å². The molecule has 0 unspecified atom stereocenters. The van der Waals surface area contributed by atoms with Crippen molar-refractivity contribution in [3.05, 3.63) is 34.7 Å². The first-order valence-corrected chi connectivity index (χ1v) is 5.66. The third-order valence-electron chi connectivity index (χ3n) is 2.61. The molecule has 2 rings (SSSR count). The number of likely N-dealkylation sites (tertiary alicyclic amines) is 1. The Hall–Kier alpha value is -1.03. The van der Waals surface area contributed by atoms with E-state index >= 15 is 0 Å². The van der Waals surface area contributed by atoms with Crippen LogP contribution in [0.25, 0.3) is 0 Å². The largest absolute Gasteiger partial charge is 0.457 e. The van der Waals surface area contributed by atoms with Gasteiger partial charge < -0.3 is 9.32 Å². The van der Waals surface area contributed by atoms with Crippen LogP contribution in [0.4, 0.5) is 0 Å². The van der Waals surface area contributed by atoms with Crippen LogP contribution in [0, 0.1) is 0 Å². The molecule has 0 N–H and O–H groups in total. The van der Waals surface area contributed by atoms with Crippen LogP contribution in [0.2, 0.25) is 0 Å². The summed E-state index contributed by atoms with van der Waals surface area (Å²) in [5.74, 6) is 0.0307. The molecule has 2 heterocycles. The average Bonchev–Trinajstić information content (AvgIpc) is 2.65. The van der Waals surface area contributed by atoms with Crippen molar-refractivity contribution >= 4 is 21.8 Å². The standard InChI is InChI=1S/C11H12BrNO2/c1-8-2-5-13(6-3-8)11(14)9-4-7-15-10(9)12/h4,7H,1-3,5-6H2. The Bertz CT molecular complexity index is 387. The Morgan fingerprint density at radius 2 is 2.13 bits per heavy atom. The number of halogens is 1. The van der Waals surface area contributed by atoms with Gasteiger partial charge in [-0.25, -0.2) is 0 Å². The maximum absolute atomic E-state index is 12.0. The lowest BCUT2D eigenvalue weighted by molar-refractivity contribution is 0.0742. The second-order valence-corrected chi connectivity index (χ2v) is 4.37. The molecule has 1 aliphatic rings. The molecule has 0 radical (unpaired) electrons. The minimum absolute atomic E-state index is 0.0307. The van der Waals surface area contributed by atoms with Gasteiger partial charge in [0.2, 0.25) is 0 Å². The Balaban J connectivity index is 2.09. The molecule has 1 fully saturated rings. The molecular formula is C11H12BrNO2. The van der Waals surface area contributed by atoms with Crippen molar-refractivity contribution in [3.8, 4) is 0 Å². The summed E-state index contributed by atoms with van der Waals surface area (Å²) >= 11 is 3.21. The molecule has 0 saturated carbocycles. The monoisotopic (exact) mass is 269 g/mol. The summed E-state index contributed by atoms with van der Waals surface area (Å²) in [5.41, 5.74) is 1.83. The van der Waals surface area contributed by atoms with E-state index in [2.05, 4.69) is 22.5 Å². The smallest absolute Gasteiger partial charge is 0.258 e. The summed E-state index contributed by atoms with van der Waals surface area (Å²) in [6, 6.07) is 1.69. The number of furan rings is 1. The second-order valence-electron chi connectivity index (χ2n) is 3.65. The van der Waals surface area contributed by atoms with Crippen LogP contribution in [-0.2, 0) is 0 Å². The highest BCUT2D eigenvalue weighted by Crippen LogP contribution is 2.22. The molecular weight excluding hydrogens is 258 g/mol. The number of hydrogen-bond donors (Lipinski definition) is 0. The van der Waals surface area contributed by atoms with Crippen LogP contribution < -0.4 is 0 Å². The number of carbonyl (C=O) groups excluding carboxylic acids is 1. The number of hydrogen-bond acceptors (Lipinski definition) is 2. The van der Waals surface area contributed by atoms with Crippen LogP contribution in [-0.4, -0.2) is 23.9 Å². The summed E-state index contributed by atoms with van der Waals surface area (Å²) in [5, 5.41) is 0. The quantitative estimate of drug-likeness (QED) is 0.735. The summed E-state index contributed by atoms with van der Waals surface area (Å²) < 4.78 is 5.56. The zero-order valence-electron chi connectivity index (χ0n) is 8.33. The Morgan fingerprint density at radius 3 is 2.67 bits per heavy atom. The minimum atomic E-state index is 0.0307. The van der Waals surface area contributed by atoms with Crippen LogP contribution in [0.15, 0.2) is 33.6 Å². The molecule has 1 aromatic rings. The average molecular weight is 270 g/mol. The summed E-state index contributed by atoms with van der Waals surface area (Å²) in [6.45, 7) is 5.44. The molecule has 4 heteroatoms. The highest BCUT2D eigenvalue weighted by molar-refractivity contribution is 9.10. The van der Waals surface area contributed by atoms with E-state index in [1.165, 1.54) is 11.8 Å². The van der Waals surface area contributed by atoms with Gasteiger partial charge in [0.15, 0.2) is 4.67 Å². The van der Waals surface area contributed by atoms with Crippen molar-refractivity contribution in [3.63, 3.8) is 0 Å². The lowest BCUT2D eigenvalue weighted by atomic mass is 10.1. The molecule has 3 nitrogen and oxygen atoms in total. The SMILES string of the molecule is C=C1CCN(C(=O)c2ccoc2Br)CC1. The first-order chi connectivity index (χ1) is 7.18. The fourth-order valence-electron chi connectivity index (χ4n) is 1.64. The fraction of sp³-hybridized carbons (Fsp3) is 0.364. The van der Waals surface area contributed by atoms with Gasteiger partial charge in [0.25, 0.3) is 5.91 Å². The van der Waals surface area contributed by atoms with Crippen molar-refractivity contribution in [2.45, 2.75) is 12.8 Å². The van der Waals surface area contributed by atoms with E-state index < -0.39 is 0 Å². The van der Waals surface area contributed by atoms with Crippen LogP contribution in [0.5, 0.6) is 0 Å². The van der Waals surface area contributed by atoms with Crippen molar-refractivity contribution < 1.29 is 9.21 Å². The summed E-state index contributed by atoms with van der Waals surface area (Å²) in [7, 11) is 0. The van der Waals surface area contributed by atoms with E-state index in [0.717, 1.165) is 25.9 Å². The lowest BCUT2D eigenvalue weighted by Gasteiger charge is -2.27. The Morgan fingerprint density at radius 1 is 1.47 bits per heavy atom. The Kier molecular flexibility index (Phi) is 2.95. The van der Waals surface area contributed by atoms with Gasteiger partial charge in [0.1, 0.15) is 0 Å². The van der Waals surface area contributed by atoms with Crippen molar-refractivity contribution in [1.82, 2.24) is 4.90 Å². The number of carbonyl (C=O) groups is 1. The van der Waals surface area contributed by atoms with E-state index in [0.29, 0.717) is 10.2 Å². The van der Waals surface area contributed by atoms with Gasteiger partial charge in [0, 0.05) is 13.1 Å². The van der Waals surface area contributed by atoms with Crippen molar-refractivity contribution in [2.75, 3.05) is 13.1 Å². The topological polar surface area (TPSA) is 33.5 Å². The van der Waals surface area contributed by atoms with Gasteiger partial charge in [-0.05, 0) is 34.8 Å². The van der Waals surface area contributed by atoms with Gasteiger partial charge in [-0.1, -0.05) is 12.2 Å². The Labute approximate surface area is 96.9 Å². The first-order valence-electron chi connectivity index (χ1n) is 4.87. The summed E-state index contributed by atoms with van der Waals surface area (Å²) in [4.78, 5) is 13.8. The van der Waals surface area contributed by atoms with Gasteiger partial charge in [-0.2, -0.15) is 0 Å². The highest BCUT2D eigenvalue weighted by atomic mass is 79.9. The van der Waals surface area contributed by atoms with Gasteiger partial charge in [0.05, 0.1) is 11.8 Å². The normalized spacial score (nSPS) is 16.9. The van der Waals surface area contributed by atoms with Crippen LogP contribution >= 0.6 is 15.9 Å². The molecule has 0 aliphatic carbocycles. The van der Waals surface area contributed by atoms with E-state index in [4.69, 9.17) is 4.42 Å². The maximum atomic E-state index is 12.0. The van der Waals surface area contributed by atoms with E-state index in [9.17, 15) is 4.79 Å². The molecule has 1 aliphatic heterocycles. The minimum Gasteiger partial charge on any atom is -0.457 e.